The van der Waals surface area contributed by atoms with Crippen molar-refractivity contribution in [3.63, 3.8) is 0 Å². The third-order valence-electron chi connectivity index (χ3n) is 3.17. The molecule has 0 atom stereocenters. The van der Waals surface area contributed by atoms with Crippen LogP contribution in [0.1, 0.15) is 43.9 Å². The first-order chi connectivity index (χ1) is 10.5. The molecule has 0 amide bonds. The second kappa shape index (κ2) is 7.20. The Morgan fingerprint density at radius 1 is 1.14 bits per heavy atom. The monoisotopic (exact) mass is 301 g/mol. The molecule has 118 valence electrons. The lowest BCUT2D eigenvalue weighted by atomic mass is 10.1. The standard InChI is InChI=1S/C17H23N3O2/c1-12(2)9-17-16(10-21)18-19-20(17)14-5-7-15(8-6-14)22-11-13(3)4/h5-8,10,12-13H,9,11H2,1-4H3. The Balaban J connectivity index is 2.24. The van der Waals surface area contributed by atoms with Crippen molar-refractivity contribution in [1.29, 1.82) is 0 Å². The van der Waals surface area contributed by atoms with Gasteiger partial charge in [-0.3, -0.25) is 4.79 Å². The number of aromatic nitrogens is 3. The molecular formula is C17H23N3O2. The maximum absolute atomic E-state index is 11.1. The van der Waals surface area contributed by atoms with E-state index in [1.807, 2.05) is 24.3 Å². The van der Waals surface area contributed by atoms with E-state index < -0.39 is 0 Å². The molecule has 0 aliphatic heterocycles. The van der Waals surface area contributed by atoms with E-state index >= 15 is 0 Å². The van der Waals surface area contributed by atoms with Gasteiger partial charge in [0.2, 0.25) is 0 Å². The molecule has 0 aliphatic rings. The lowest BCUT2D eigenvalue weighted by molar-refractivity contribution is 0.111. The second-order valence-corrected chi connectivity index (χ2v) is 6.25. The summed E-state index contributed by atoms with van der Waals surface area (Å²) in [5, 5.41) is 8.07. The summed E-state index contributed by atoms with van der Waals surface area (Å²) in [6.07, 6.45) is 1.52. The van der Waals surface area contributed by atoms with Crippen molar-refractivity contribution < 1.29 is 9.53 Å². The predicted octanol–water partition coefficient (Wildman–Crippen LogP) is 3.31. The molecule has 2 rings (SSSR count). The van der Waals surface area contributed by atoms with Gasteiger partial charge in [-0.25, -0.2) is 4.68 Å². The summed E-state index contributed by atoms with van der Waals surface area (Å²) in [6, 6.07) is 7.70. The Hall–Kier alpha value is -2.17. The van der Waals surface area contributed by atoms with Crippen LogP contribution in [0.25, 0.3) is 5.69 Å². The summed E-state index contributed by atoms with van der Waals surface area (Å²) in [6.45, 7) is 9.13. The normalized spacial score (nSPS) is 11.2. The van der Waals surface area contributed by atoms with Crippen molar-refractivity contribution in [2.45, 2.75) is 34.1 Å². The number of carbonyl (C=O) groups is 1. The minimum absolute atomic E-state index is 0.411. The van der Waals surface area contributed by atoms with Gasteiger partial charge < -0.3 is 4.74 Å². The molecule has 0 N–H and O–H groups in total. The molecule has 0 fully saturated rings. The summed E-state index contributed by atoms with van der Waals surface area (Å²) < 4.78 is 7.41. The van der Waals surface area contributed by atoms with Gasteiger partial charge in [-0.15, -0.1) is 5.10 Å². The first-order valence-corrected chi connectivity index (χ1v) is 7.64. The predicted molar refractivity (Wildman–Crippen MR) is 85.6 cm³/mol. The van der Waals surface area contributed by atoms with Crippen LogP contribution in [0.4, 0.5) is 0 Å². The molecule has 1 heterocycles. The van der Waals surface area contributed by atoms with Crippen LogP contribution in [-0.4, -0.2) is 27.9 Å². The number of nitrogens with zero attached hydrogens (tertiary/aromatic N) is 3. The number of aldehydes is 1. The van der Waals surface area contributed by atoms with E-state index in [2.05, 4.69) is 38.0 Å². The Labute approximate surface area is 131 Å². The van der Waals surface area contributed by atoms with Crippen molar-refractivity contribution in [2.24, 2.45) is 11.8 Å². The fourth-order valence-electron chi connectivity index (χ4n) is 2.14. The average Bonchev–Trinajstić information content (AvgIpc) is 2.87. The highest BCUT2D eigenvalue weighted by Crippen LogP contribution is 2.19. The van der Waals surface area contributed by atoms with Gasteiger partial charge in [0, 0.05) is 0 Å². The summed E-state index contributed by atoms with van der Waals surface area (Å²) in [7, 11) is 0. The zero-order valence-electron chi connectivity index (χ0n) is 13.6. The molecule has 0 bridgehead atoms. The lowest BCUT2D eigenvalue weighted by Crippen LogP contribution is -2.07. The van der Waals surface area contributed by atoms with Crippen molar-refractivity contribution in [3.8, 4) is 11.4 Å². The summed E-state index contributed by atoms with van der Waals surface area (Å²) in [4.78, 5) is 11.1. The fourth-order valence-corrected chi connectivity index (χ4v) is 2.14. The van der Waals surface area contributed by atoms with Crippen molar-refractivity contribution in [2.75, 3.05) is 6.61 Å². The lowest BCUT2D eigenvalue weighted by Gasteiger charge is -2.11. The highest BCUT2D eigenvalue weighted by molar-refractivity contribution is 5.73. The van der Waals surface area contributed by atoms with Crippen LogP contribution < -0.4 is 4.74 Å². The number of hydrogen-bond acceptors (Lipinski definition) is 4. The molecule has 0 saturated carbocycles. The SMILES string of the molecule is CC(C)COc1ccc(-n2nnc(C=O)c2CC(C)C)cc1. The number of carbonyl (C=O) groups excluding carboxylic acids is 1. The van der Waals surface area contributed by atoms with Crippen molar-refractivity contribution in [3.05, 3.63) is 35.7 Å². The molecule has 0 unspecified atom stereocenters. The molecule has 0 radical (unpaired) electrons. The van der Waals surface area contributed by atoms with E-state index in [-0.39, 0.29) is 0 Å². The minimum atomic E-state index is 0.411. The van der Waals surface area contributed by atoms with Crippen LogP contribution in [-0.2, 0) is 6.42 Å². The molecule has 2 aromatic rings. The van der Waals surface area contributed by atoms with Gasteiger partial charge in [0.15, 0.2) is 6.29 Å². The maximum atomic E-state index is 11.1. The summed E-state index contributed by atoms with van der Waals surface area (Å²) >= 11 is 0. The van der Waals surface area contributed by atoms with E-state index in [1.54, 1.807) is 4.68 Å². The van der Waals surface area contributed by atoms with E-state index in [9.17, 15) is 4.79 Å². The second-order valence-electron chi connectivity index (χ2n) is 6.25. The Bertz CT molecular complexity index is 615. The van der Waals surface area contributed by atoms with Crippen LogP contribution in [0.3, 0.4) is 0 Å². The summed E-state index contributed by atoms with van der Waals surface area (Å²) in [5.41, 5.74) is 2.14. The highest BCUT2D eigenvalue weighted by atomic mass is 16.5. The average molecular weight is 301 g/mol. The van der Waals surface area contributed by atoms with Gasteiger partial charge in [0.05, 0.1) is 18.0 Å². The Kier molecular flexibility index (Phi) is 5.31. The molecular weight excluding hydrogens is 278 g/mol. The third kappa shape index (κ3) is 3.93. The van der Waals surface area contributed by atoms with Crippen LogP contribution in [0.5, 0.6) is 5.75 Å². The van der Waals surface area contributed by atoms with Gasteiger partial charge in [-0.2, -0.15) is 0 Å². The quantitative estimate of drug-likeness (QED) is 0.736. The third-order valence-corrected chi connectivity index (χ3v) is 3.17. The summed E-state index contributed by atoms with van der Waals surface area (Å²) in [5.74, 6) is 1.74. The molecule has 1 aromatic carbocycles. The van der Waals surface area contributed by atoms with Crippen LogP contribution >= 0.6 is 0 Å². The largest absolute Gasteiger partial charge is 0.493 e. The zero-order chi connectivity index (χ0) is 16.1. The van der Waals surface area contributed by atoms with Crippen LogP contribution in [0.2, 0.25) is 0 Å². The Morgan fingerprint density at radius 2 is 1.82 bits per heavy atom. The molecule has 1 aromatic heterocycles. The number of rotatable bonds is 7. The van der Waals surface area contributed by atoms with E-state index in [0.29, 0.717) is 24.1 Å². The first-order valence-electron chi connectivity index (χ1n) is 7.64. The van der Waals surface area contributed by atoms with Crippen molar-refractivity contribution >= 4 is 6.29 Å². The maximum Gasteiger partial charge on any atom is 0.172 e. The number of hydrogen-bond donors (Lipinski definition) is 0. The molecule has 0 spiro atoms. The van der Waals surface area contributed by atoms with Gasteiger partial charge in [-0.1, -0.05) is 32.9 Å². The highest BCUT2D eigenvalue weighted by Gasteiger charge is 2.15. The zero-order valence-corrected chi connectivity index (χ0v) is 13.6. The topological polar surface area (TPSA) is 57.0 Å². The Morgan fingerprint density at radius 3 is 2.36 bits per heavy atom. The minimum Gasteiger partial charge on any atom is -0.493 e. The molecule has 22 heavy (non-hydrogen) atoms. The fraction of sp³-hybridized carbons (Fsp3) is 0.471. The number of benzene rings is 1. The van der Waals surface area contributed by atoms with Gasteiger partial charge in [0.25, 0.3) is 0 Å². The van der Waals surface area contributed by atoms with E-state index in [4.69, 9.17) is 4.74 Å². The molecule has 0 saturated heterocycles. The molecule has 5 heteroatoms. The van der Waals surface area contributed by atoms with Gasteiger partial charge in [0.1, 0.15) is 11.4 Å². The van der Waals surface area contributed by atoms with Crippen molar-refractivity contribution in [1.82, 2.24) is 15.0 Å². The molecule has 5 nitrogen and oxygen atoms in total. The smallest absolute Gasteiger partial charge is 0.172 e. The van der Waals surface area contributed by atoms with Gasteiger partial charge in [-0.05, 0) is 42.5 Å². The molecule has 0 aliphatic carbocycles. The van der Waals surface area contributed by atoms with Crippen LogP contribution in [0, 0.1) is 11.8 Å². The van der Waals surface area contributed by atoms with Crippen LogP contribution in [0.15, 0.2) is 24.3 Å². The first kappa shape index (κ1) is 16.2. The van der Waals surface area contributed by atoms with E-state index in [0.717, 1.165) is 29.8 Å². The number of ether oxygens (including phenoxy) is 1. The van der Waals surface area contributed by atoms with E-state index in [1.165, 1.54) is 0 Å². The van der Waals surface area contributed by atoms with Gasteiger partial charge >= 0.3 is 0 Å².